The molecule has 1 aromatic carbocycles. The van der Waals surface area contributed by atoms with Gasteiger partial charge in [0.25, 0.3) is 11.3 Å². The lowest BCUT2D eigenvalue weighted by Crippen LogP contribution is -2.44. The minimum atomic E-state index is -0.765. The first kappa shape index (κ1) is 19.4. The summed E-state index contributed by atoms with van der Waals surface area (Å²) in [4.78, 5) is 47.6. The highest BCUT2D eigenvalue weighted by molar-refractivity contribution is 7.18. The van der Waals surface area contributed by atoms with Crippen molar-refractivity contribution in [2.75, 3.05) is 11.9 Å². The maximum atomic E-state index is 13.0. The summed E-state index contributed by atoms with van der Waals surface area (Å²) >= 11 is 1.63. The van der Waals surface area contributed by atoms with Crippen LogP contribution in [0.15, 0.2) is 39.8 Å². The van der Waals surface area contributed by atoms with Gasteiger partial charge in [-0.3, -0.25) is 14.4 Å². The van der Waals surface area contributed by atoms with Crippen LogP contribution in [0.5, 0.6) is 0 Å². The number of pyridine rings is 1. The van der Waals surface area contributed by atoms with Crippen molar-refractivity contribution in [3.8, 4) is 0 Å². The van der Waals surface area contributed by atoms with E-state index in [1.165, 1.54) is 12.3 Å². The normalized spacial score (nSPS) is 16.7. The lowest BCUT2D eigenvalue weighted by atomic mass is 9.95. The summed E-state index contributed by atoms with van der Waals surface area (Å²) in [6, 6.07) is 7.29. The number of H-pyrrole nitrogens is 1. The standard InChI is InChI=1S/C21H19N5O4S/c1-11-23-15-8-12(5-6-17(15)31-11)16-4-2-3-7-26(16)21(29)19(28)24-13-9-14-18(27)25-30-20(14)22-10-13/h5-6,8-10,16H,2-4,7H2,1H3,(H,24,28)(H,25,27)/t16-/m0/s1. The van der Waals surface area contributed by atoms with Gasteiger partial charge in [-0.25, -0.2) is 9.97 Å². The Balaban J connectivity index is 1.39. The second kappa shape index (κ2) is 7.62. The van der Waals surface area contributed by atoms with Crippen LogP contribution in [0.3, 0.4) is 0 Å². The molecular formula is C21H19N5O4S. The Morgan fingerprint density at radius 2 is 2.16 bits per heavy atom. The third-order valence-corrected chi connectivity index (χ3v) is 6.41. The SMILES string of the molecule is Cc1nc2cc([C@@H]3CCCCN3C(=O)C(=O)Nc3cnc4o[nH]c(=O)c4c3)ccc2s1. The second-order valence-corrected chi connectivity index (χ2v) is 8.77. The summed E-state index contributed by atoms with van der Waals surface area (Å²) in [6.45, 7) is 2.47. The fraction of sp³-hybridized carbons (Fsp3) is 0.286. The van der Waals surface area contributed by atoms with Crippen molar-refractivity contribution >= 4 is 50.2 Å². The fourth-order valence-corrected chi connectivity index (χ4v) is 4.82. The van der Waals surface area contributed by atoms with Gasteiger partial charge in [0.05, 0.1) is 33.2 Å². The van der Waals surface area contributed by atoms with Crippen LogP contribution in [0.4, 0.5) is 5.69 Å². The number of piperidine rings is 1. The lowest BCUT2D eigenvalue weighted by molar-refractivity contribution is -0.145. The maximum absolute atomic E-state index is 13.0. The van der Waals surface area contributed by atoms with Gasteiger partial charge in [0.1, 0.15) is 5.39 Å². The minimum absolute atomic E-state index is 0.137. The molecule has 1 fully saturated rings. The number of amides is 2. The number of carbonyl (C=O) groups excluding carboxylic acids is 2. The van der Waals surface area contributed by atoms with Crippen LogP contribution in [0.1, 0.15) is 35.9 Å². The number of nitrogens with one attached hydrogen (secondary N) is 2. The molecular weight excluding hydrogens is 418 g/mol. The van der Waals surface area contributed by atoms with Gasteiger partial charge in [-0.2, -0.15) is 5.16 Å². The number of rotatable bonds is 2. The zero-order valence-corrected chi connectivity index (χ0v) is 17.5. The molecule has 0 saturated carbocycles. The Labute approximate surface area is 180 Å². The summed E-state index contributed by atoms with van der Waals surface area (Å²) in [5.41, 5.74) is 1.83. The van der Waals surface area contributed by atoms with Crippen LogP contribution < -0.4 is 10.9 Å². The highest BCUT2D eigenvalue weighted by atomic mass is 32.1. The number of hydrogen-bond donors (Lipinski definition) is 2. The smallest absolute Gasteiger partial charge is 0.313 e. The van der Waals surface area contributed by atoms with Crippen molar-refractivity contribution in [3.05, 3.63) is 51.4 Å². The largest absolute Gasteiger partial charge is 0.358 e. The first-order chi connectivity index (χ1) is 15.0. The molecule has 0 unspecified atom stereocenters. The second-order valence-electron chi connectivity index (χ2n) is 7.53. The molecule has 2 N–H and O–H groups in total. The number of likely N-dealkylation sites (tertiary alicyclic amines) is 1. The third-order valence-electron chi connectivity index (χ3n) is 5.46. The summed E-state index contributed by atoms with van der Waals surface area (Å²) in [7, 11) is 0. The van der Waals surface area contributed by atoms with Gasteiger partial charge >= 0.3 is 11.8 Å². The fourth-order valence-electron chi connectivity index (χ4n) is 4.02. The van der Waals surface area contributed by atoms with E-state index in [0.717, 1.165) is 40.1 Å². The first-order valence-corrected chi connectivity index (χ1v) is 10.8. The molecule has 0 aliphatic carbocycles. The van der Waals surface area contributed by atoms with E-state index in [0.29, 0.717) is 6.54 Å². The Kier molecular flexibility index (Phi) is 4.78. The predicted molar refractivity (Wildman–Crippen MR) is 116 cm³/mol. The number of fused-ring (bicyclic) bond motifs is 2. The van der Waals surface area contributed by atoms with Crippen molar-refractivity contribution < 1.29 is 14.1 Å². The van der Waals surface area contributed by atoms with Crippen molar-refractivity contribution in [1.82, 2.24) is 20.0 Å². The van der Waals surface area contributed by atoms with E-state index in [-0.39, 0.29) is 22.8 Å². The predicted octanol–water partition coefficient (Wildman–Crippen LogP) is 3.13. The van der Waals surface area contributed by atoms with E-state index in [2.05, 4.69) is 20.4 Å². The molecule has 4 aromatic rings. The molecule has 5 rings (SSSR count). The number of carbonyl (C=O) groups is 2. The molecule has 0 bridgehead atoms. The Hall–Kier alpha value is -3.53. The Morgan fingerprint density at radius 1 is 1.29 bits per heavy atom. The van der Waals surface area contributed by atoms with Gasteiger partial charge < -0.3 is 14.7 Å². The average molecular weight is 437 g/mol. The number of aromatic nitrogens is 3. The molecule has 0 radical (unpaired) electrons. The molecule has 4 heterocycles. The van der Waals surface area contributed by atoms with Crippen molar-refractivity contribution in [3.63, 3.8) is 0 Å². The molecule has 1 saturated heterocycles. The van der Waals surface area contributed by atoms with Crippen LogP contribution in [0.2, 0.25) is 0 Å². The van der Waals surface area contributed by atoms with E-state index >= 15 is 0 Å². The van der Waals surface area contributed by atoms with Crippen LogP contribution in [0, 0.1) is 6.92 Å². The van der Waals surface area contributed by atoms with Crippen LogP contribution in [-0.2, 0) is 9.59 Å². The molecule has 3 aromatic heterocycles. The molecule has 1 atom stereocenters. The van der Waals surface area contributed by atoms with Gasteiger partial charge in [-0.1, -0.05) is 6.07 Å². The van der Waals surface area contributed by atoms with Crippen LogP contribution in [0.25, 0.3) is 21.3 Å². The highest BCUT2D eigenvalue weighted by Crippen LogP contribution is 2.33. The molecule has 31 heavy (non-hydrogen) atoms. The summed E-state index contributed by atoms with van der Waals surface area (Å²) in [5.74, 6) is -1.38. The lowest BCUT2D eigenvalue weighted by Gasteiger charge is -2.35. The monoisotopic (exact) mass is 437 g/mol. The van der Waals surface area contributed by atoms with Crippen LogP contribution in [-0.4, -0.2) is 38.4 Å². The summed E-state index contributed by atoms with van der Waals surface area (Å²) in [6.07, 6.45) is 3.95. The van der Waals surface area contributed by atoms with Gasteiger partial charge in [0.15, 0.2) is 0 Å². The van der Waals surface area contributed by atoms with E-state index in [9.17, 15) is 14.4 Å². The molecule has 2 amide bonds. The molecule has 10 heteroatoms. The topological polar surface area (TPSA) is 121 Å². The zero-order valence-electron chi connectivity index (χ0n) is 16.7. The van der Waals surface area contributed by atoms with E-state index in [1.807, 2.05) is 25.1 Å². The number of anilines is 1. The van der Waals surface area contributed by atoms with E-state index in [1.54, 1.807) is 16.2 Å². The number of aryl methyl sites for hydroxylation is 1. The van der Waals surface area contributed by atoms with Gasteiger partial charge in [0.2, 0.25) is 0 Å². The Morgan fingerprint density at radius 3 is 3.03 bits per heavy atom. The number of aromatic amines is 1. The molecule has 1 aliphatic heterocycles. The minimum Gasteiger partial charge on any atom is -0.358 e. The van der Waals surface area contributed by atoms with E-state index < -0.39 is 17.4 Å². The number of hydrogen-bond acceptors (Lipinski definition) is 7. The number of nitrogens with zero attached hydrogens (tertiary/aromatic N) is 3. The average Bonchev–Trinajstić information content (AvgIpc) is 3.34. The maximum Gasteiger partial charge on any atom is 0.313 e. The van der Waals surface area contributed by atoms with E-state index in [4.69, 9.17) is 4.52 Å². The molecule has 0 spiro atoms. The first-order valence-electron chi connectivity index (χ1n) is 9.96. The quantitative estimate of drug-likeness (QED) is 0.465. The van der Waals surface area contributed by atoms with Gasteiger partial charge in [-0.05, 0) is 49.9 Å². The summed E-state index contributed by atoms with van der Waals surface area (Å²) < 4.78 is 6.01. The van der Waals surface area contributed by atoms with Crippen molar-refractivity contribution in [1.29, 1.82) is 0 Å². The zero-order chi connectivity index (χ0) is 21.5. The van der Waals surface area contributed by atoms with Crippen molar-refractivity contribution in [2.24, 2.45) is 0 Å². The molecule has 1 aliphatic rings. The molecule has 9 nitrogen and oxygen atoms in total. The Bertz CT molecular complexity index is 1370. The molecule has 158 valence electrons. The third kappa shape index (κ3) is 3.59. The van der Waals surface area contributed by atoms with Crippen molar-refractivity contribution in [2.45, 2.75) is 32.2 Å². The highest BCUT2D eigenvalue weighted by Gasteiger charge is 2.32. The number of benzene rings is 1. The van der Waals surface area contributed by atoms with Gasteiger partial charge in [0, 0.05) is 6.54 Å². The van der Waals surface area contributed by atoms with Gasteiger partial charge in [-0.15, -0.1) is 11.3 Å². The van der Waals surface area contributed by atoms with Crippen LogP contribution >= 0.6 is 11.3 Å². The number of thiazole rings is 1. The summed E-state index contributed by atoms with van der Waals surface area (Å²) in [5, 5.41) is 5.93.